The van der Waals surface area contributed by atoms with Crippen LogP contribution >= 0.6 is 0 Å². The van der Waals surface area contributed by atoms with Gasteiger partial charge in [-0.15, -0.1) is 0 Å². The Bertz CT molecular complexity index is 451. The molecule has 1 rings (SSSR count). The molecule has 0 amide bonds. The molecular formula is C13H18F3NO2S. The lowest BCUT2D eigenvalue weighted by Crippen LogP contribution is -2.23. The lowest BCUT2D eigenvalue weighted by molar-refractivity contribution is -0.137. The maximum absolute atomic E-state index is 12.5. The van der Waals surface area contributed by atoms with Crippen molar-refractivity contribution in [1.29, 1.82) is 0 Å². The number of aliphatic hydroxyl groups is 1. The molecule has 114 valence electrons. The highest BCUT2D eigenvalue weighted by atomic mass is 32.2. The Morgan fingerprint density at radius 2 is 2.10 bits per heavy atom. The predicted molar refractivity (Wildman–Crippen MR) is 72.8 cm³/mol. The van der Waals surface area contributed by atoms with Crippen molar-refractivity contribution in [3.05, 3.63) is 35.4 Å². The SMILES string of the molecule is CS(=O)CCCNCC(O)c1cccc(C(F)(F)F)c1. The maximum Gasteiger partial charge on any atom is 0.416 e. The highest BCUT2D eigenvalue weighted by molar-refractivity contribution is 7.84. The van der Waals surface area contributed by atoms with Crippen LogP contribution in [0.5, 0.6) is 0 Å². The number of hydrogen-bond acceptors (Lipinski definition) is 3. The van der Waals surface area contributed by atoms with Crippen LogP contribution in [0.3, 0.4) is 0 Å². The molecule has 0 aromatic heterocycles. The van der Waals surface area contributed by atoms with Crippen molar-refractivity contribution in [1.82, 2.24) is 5.32 Å². The van der Waals surface area contributed by atoms with Gasteiger partial charge in [0.15, 0.2) is 0 Å². The Morgan fingerprint density at radius 1 is 1.40 bits per heavy atom. The van der Waals surface area contributed by atoms with Crippen molar-refractivity contribution in [2.24, 2.45) is 0 Å². The molecule has 0 radical (unpaired) electrons. The van der Waals surface area contributed by atoms with Gasteiger partial charge in [0.25, 0.3) is 0 Å². The smallest absolute Gasteiger partial charge is 0.387 e. The predicted octanol–water partition coefficient (Wildman–Crippen LogP) is 2.10. The largest absolute Gasteiger partial charge is 0.416 e. The second-order valence-electron chi connectivity index (χ2n) is 4.47. The normalized spacial score (nSPS) is 15.1. The minimum absolute atomic E-state index is 0.164. The number of benzene rings is 1. The van der Waals surface area contributed by atoms with Crippen molar-refractivity contribution < 1.29 is 22.5 Å². The first-order valence-corrected chi connectivity index (χ1v) is 7.89. The Morgan fingerprint density at radius 3 is 2.70 bits per heavy atom. The summed E-state index contributed by atoms with van der Waals surface area (Å²) in [6.45, 7) is 0.729. The van der Waals surface area contributed by atoms with Gasteiger partial charge in [-0.2, -0.15) is 13.2 Å². The highest BCUT2D eigenvalue weighted by Crippen LogP contribution is 2.30. The molecule has 1 aromatic rings. The molecule has 3 nitrogen and oxygen atoms in total. The minimum atomic E-state index is -4.41. The molecule has 2 unspecified atom stereocenters. The van der Waals surface area contributed by atoms with Crippen molar-refractivity contribution in [3.8, 4) is 0 Å². The summed E-state index contributed by atoms with van der Waals surface area (Å²) in [6, 6.07) is 4.66. The summed E-state index contributed by atoms with van der Waals surface area (Å²) in [4.78, 5) is 0. The van der Waals surface area contributed by atoms with E-state index >= 15 is 0 Å². The fraction of sp³-hybridized carbons (Fsp3) is 0.538. The third-order valence-electron chi connectivity index (χ3n) is 2.72. The monoisotopic (exact) mass is 309 g/mol. The van der Waals surface area contributed by atoms with E-state index in [9.17, 15) is 22.5 Å². The average molecular weight is 309 g/mol. The Balaban J connectivity index is 2.47. The number of halogens is 3. The van der Waals surface area contributed by atoms with Gasteiger partial charge in [-0.05, 0) is 30.7 Å². The van der Waals surface area contributed by atoms with Gasteiger partial charge in [-0.3, -0.25) is 4.21 Å². The Labute approximate surface area is 118 Å². The molecule has 2 atom stereocenters. The van der Waals surface area contributed by atoms with Crippen LogP contribution in [0.15, 0.2) is 24.3 Å². The Hall–Kier alpha value is -0.920. The van der Waals surface area contributed by atoms with Crippen LogP contribution in [0.1, 0.15) is 23.7 Å². The van der Waals surface area contributed by atoms with Crippen LogP contribution in [-0.2, 0) is 17.0 Å². The number of alkyl halides is 3. The first-order chi connectivity index (χ1) is 9.30. The first-order valence-electron chi connectivity index (χ1n) is 6.16. The summed E-state index contributed by atoms with van der Waals surface area (Å²) in [7, 11) is -0.856. The molecule has 0 heterocycles. The highest BCUT2D eigenvalue weighted by Gasteiger charge is 2.30. The number of hydrogen-bond donors (Lipinski definition) is 2. The van der Waals surface area contributed by atoms with Crippen LogP contribution in [0.25, 0.3) is 0 Å². The van der Waals surface area contributed by atoms with Gasteiger partial charge in [0.05, 0.1) is 11.7 Å². The summed E-state index contributed by atoms with van der Waals surface area (Å²) in [6.07, 6.45) is -3.10. The molecule has 0 spiro atoms. The molecule has 0 aliphatic rings. The summed E-state index contributed by atoms with van der Waals surface area (Å²) in [5.74, 6) is 0.562. The third-order valence-corrected chi connectivity index (χ3v) is 3.59. The quantitative estimate of drug-likeness (QED) is 0.758. The number of rotatable bonds is 7. The summed E-state index contributed by atoms with van der Waals surface area (Å²) in [5.41, 5.74) is -0.540. The van der Waals surface area contributed by atoms with Gasteiger partial charge < -0.3 is 10.4 Å². The lowest BCUT2D eigenvalue weighted by atomic mass is 10.1. The van der Waals surface area contributed by atoms with Crippen molar-refractivity contribution in [2.75, 3.05) is 25.1 Å². The molecule has 20 heavy (non-hydrogen) atoms. The average Bonchev–Trinajstić information content (AvgIpc) is 2.37. The fourth-order valence-corrected chi connectivity index (χ4v) is 2.23. The van der Waals surface area contributed by atoms with E-state index in [-0.39, 0.29) is 12.1 Å². The Kier molecular flexibility index (Phi) is 6.64. The molecule has 0 bridgehead atoms. The van der Waals surface area contributed by atoms with Crippen LogP contribution < -0.4 is 5.32 Å². The summed E-state index contributed by atoms with van der Waals surface area (Å²) >= 11 is 0. The van der Waals surface area contributed by atoms with E-state index in [0.717, 1.165) is 12.1 Å². The van der Waals surface area contributed by atoms with E-state index in [0.29, 0.717) is 18.7 Å². The molecule has 0 aliphatic carbocycles. The van der Waals surface area contributed by atoms with Gasteiger partial charge in [0.2, 0.25) is 0 Å². The van der Waals surface area contributed by atoms with Gasteiger partial charge in [0.1, 0.15) is 0 Å². The molecule has 1 aromatic carbocycles. The van der Waals surface area contributed by atoms with E-state index in [1.165, 1.54) is 12.1 Å². The van der Waals surface area contributed by atoms with Crippen LogP contribution in [0, 0.1) is 0 Å². The molecule has 0 saturated carbocycles. The van der Waals surface area contributed by atoms with Gasteiger partial charge in [-0.25, -0.2) is 0 Å². The minimum Gasteiger partial charge on any atom is -0.387 e. The van der Waals surface area contributed by atoms with E-state index in [4.69, 9.17) is 0 Å². The zero-order valence-corrected chi connectivity index (χ0v) is 11.9. The number of nitrogens with one attached hydrogen (secondary N) is 1. The zero-order chi connectivity index (χ0) is 15.2. The van der Waals surface area contributed by atoms with Crippen LogP contribution in [0.4, 0.5) is 13.2 Å². The molecule has 0 aliphatic heterocycles. The van der Waals surface area contributed by atoms with E-state index in [2.05, 4.69) is 5.32 Å². The van der Waals surface area contributed by atoms with Gasteiger partial charge >= 0.3 is 6.18 Å². The maximum atomic E-state index is 12.5. The van der Waals surface area contributed by atoms with Crippen molar-refractivity contribution >= 4 is 10.8 Å². The lowest BCUT2D eigenvalue weighted by Gasteiger charge is -2.14. The van der Waals surface area contributed by atoms with E-state index in [1.807, 2.05) is 0 Å². The summed E-state index contributed by atoms with van der Waals surface area (Å²) < 4.78 is 48.4. The van der Waals surface area contributed by atoms with Gasteiger partial charge in [0, 0.05) is 29.4 Å². The third kappa shape index (κ3) is 6.02. The second-order valence-corrected chi connectivity index (χ2v) is 6.03. The summed E-state index contributed by atoms with van der Waals surface area (Å²) in [5, 5.41) is 12.8. The number of aliphatic hydroxyl groups excluding tert-OH is 1. The standard InChI is InChI=1S/C13H18F3NO2S/c1-20(19)7-3-6-17-9-12(18)10-4-2-5-11(8-10)13(14,15)16/h2,4-5,8,12,17-18H,3,6-7,9H2,1H3. The zero-order valence-electron chi connectivity index (χ0n) is 11.1. The van der Waals surface area contributed by atoms with Crippen molar-refractivity contribution in [3.63, 3.8) is 0 Å². The van der Waals surface area contributed by atoms with E-state index in [1.54, 1.807) is 6.26 Å². The van der Waals surface area contributed by atoms with E-state index < -0.39 is 28.6 Å². The molecule has 0 saturated heterocycles. The molecule has 7 heteroatoms. The van der Waals surface area contributed by atoms with Gasteiger partial charge in [-0.1, -0.05) is 12.1 Å². The van der Waals surface area contributed by atoms with Crippen LogP contribution in [0.2, 0.25) is 0 Å². The first kappa shape index (κ1) is 17.1. The fourth-order valence-electron chi connectivity index (χ4n) is 1.68. The van der Waals surface area contributed by atoms with Crippen molar-refractivity contribution in [2.45, 2.75) is 18.7 Å². The molecule has 0 fully saturated rings. The second kappa shape index (κ2) is 7.75. The molecular weight excluding hydrogens is 291 g/mol. The molecule has 2 N–H and O–H groups in total. The van der Waals surface area contributed by atoms with Crippen LogP contribution in [-0.4, -0.2) is 34.4 Å². The topological polar surface area (TPSA) is 49.3 Å².